The maximum atomic E-state index is 13.4. The third-order valence-electron chi connectivity index (χ3n) is 3.40. The largest absolute Gasteiger partial charge is 0.471 e. The van der Waals surface area contributed by atoms with Gasteiger partial charge in [0.25, 0.3) is 5.54 Å². The molecule has 3 nitrogen and oxygen atoms in total. The molecule has 1 aromatic carbocycles. The topological polar surface area (TPSA) is 44.9 Å². The first-order valence-electron chi connectivity index (χ1n) is 6.31. The van der Waals surface area contributed by atoms with Gasteiger partial charge >= 0.3 is 24.4 Å². The molecular weight excluding hydrogens is 371 g/mol. The molecule has 0 aliphatic carbocycles. The van der Waals surface area contributed by atoms with Crippen LogP contribution in [0.4, 0.5) is 39.5 Å². The van der Waals surface area contributed by atoms with Crippen molar-refractivity contribution in [3.05, 3.63) is 36.0 Å². The van der Waals surface area contributed by atoms with E-state index in [0.717, 1.165) is 18.2 Å². The summed E-state index contributed by atoms with van der Waals surface area (Å²) in [5.74, 6) is -3.37. The molecule has 0 atom stereocenters. The average Bonchev–Trinajstić information content (AvgIpc) is 2.84. The van der Waals surface area contributed by atoms with Crippen LogP contribution in [0.25, 0.3) is 10.9 Å². The number of para-hydroxylation sites is 1. The number of H-pyrrole nitrogens is 1. The second-order valence-electron chi connectivity index (χ2n) is 4.95. The molecule has 1 aromatic heterocycles. The van der Waals surface area contributed by atoms with E-state index in [2.05, 4.69) is 4.98 Å². The van der Waals surface area contributed by atoms with E-state index >= 15 is 0 Å². The number of carbonyl (C=O) groups excluding carboxylic acids is 1. The predicted octanol–water partition coefficient (Wildman–Crippen LogP) is 4.17. The van der Waals surface area contributed by atoms with Crippen molar-refractivity contribution in [1.29, 1.82) is 0 Å². The lowest BCUT2D eigenvalue weighted by Crippen LogP contribution is -2.66. The highest BCUT2D eigenvalue weighted by atomic mass is 19.4. The number of carbonyl (C=O) groups is 1. The van der Waals surface area contributed by atoms with E-state index in [1.54, 1.807) is 0 Å². The maximum Gasteiger partial charge on any atom is 0.471 e. The second kappa shape index (κ2) is 5.56. The van der Waals surface area contributed by atoms with Crippen molar-refractivity contribution in [2.75, 3.05) is 0 Å². The molecule has 1 amide bonds. The summed E-state index contributed by atoms with van der Waals surface area (Å²) in [5, 5.41) is -0.528. The molecule has 0 saturated heterocycles. The van der Waals surface area contributed by atoms with Crippen LogP contribution >= 0.6 is 0 Å². The Balaban J connectivity index is 2.82. The Morgan fingerprint density at radius 3 is 1.88 bits per heavy atom. The van der Waals surface area contributed by atoms with E-state index in [1.165, 1.54) is 6.07 Å². The summed E-state index contributed by atoms with van der Waals surface area (Å²) < 4.78 is 117. The zero-order valence-electron chi connectivity index (χ0n) is 11.7. The van der Waals surface area contributed by atoms with Gasteiger partial charge < -0.3 is 10.3 Å². The highest BCUT2D eigenvalue weighted by Gasteiger charge is 2.74. The molecule has 2 N–H and O–H groups in total. The lowest BCUT2D eigenvalue weighted by molar-refractivity contribution is -0.313. The van der Waals surface area contributed by atoms with Crippen molar-refractivity contribution >= 4 is 16.8 Å². The number of halogens is 9. The number of hydrogen-bond donors (Lipinski definition) is 2. The van der Waals surface area contributed by atoms with E-state index in [1.807, 2.05) is 0 Å². The van der Waals surface area contributed by atoms with Crippen LogP contribution in [-0.4, -0.2) is 29.4 Å². The number of nitrogens with one attached hydrogen (secondary N) is 2. The number of hydrogen-bond acceptors (Lipinski definition) is 1. The Kier molecular flexibility index (Phi) is 4.21. The number of alkyl halides is 9. The van der Waals surface area contributed by atoms with Gasteiger partial charge in [0.15, 0.2) is 0 Å². The lowest BCUT2D eigenvalue weighted by atomic mass is 9.87. The third-order valence-corrected chi connectivity index (χ3v) is 3.40. The Hall–Kier alpha value is -2.40. The molecule has 0 unspecified atom stereocenters. The van der Waals surface area contributed by atoms with Crippen LogP contribution in [0.5, 0.6) is 0 Å². The third kappa shape index (κ3) is 3.00. The summed E-state index contributed by atoms with van der Waals surface area (Å²) in [6.45, 7) is 0. The van der Waals surface area contributed by atoms with Crippen LogP contribution in [0, 0.1) is 0 Å². The first-order valence-corrected chi connectivity index (χ1v) is 6.31. The molecule has 0 spiro atoms. The minimum Gasteiger partial charge on any atom is -0.361 e. The molecule has 2 aromatic rings. The average molecular weight is 378 g/mol. The normalized spacial score (nSPS) is 14.0. The van der Waals surface area contributed by atoms with Gasteiger partial charge in [-0.25, -0.2) is 0 Å². The standard InChI is InChI=1S/C13H7F9N2O/c14-11(15,16)9(25)24-10(12(17,18)19,13(20,21)22)7-5-23-8-4-2-1-3-6(7)8/h1-5,23H,(H,24,25). The molecule has 0 aliphatic rings. The molecule has 0 bridgehead atoms. The summed E-state index contributed by atoms with van der Waals surface area (Å²) in [6.07, 6.45) is -18.3. The zero-order valence-corrected chi connectivity index (χ0v) is 11.7. The highest BCUT2D eigenvalue weighted by molar-refractivity contribution is 5.87. The Morgan fingerprint density at radius 1 is 0.880 bits per heavy atom. The first kappa shape index (κ1) is 18.9. The van der Waals surface area contributed by atoms with Crippen LogP contribution in [0.2, 0.25) is 0 Å². The molecule has 25 heavy (non-hydrogen) atoms. The smallest absolute Gasteiger partial charge is 0.361 e. The molecule has 0 radical (unpaired) electrons. The number of aromatic amines is 1. The number of fused-ring (bicyclic) bond motifs is 1. The van der Waals surface area contributed by atoms with Gasteiger partial charge in [0.1, 0.15) is 0 Å². The van der Waals surface area contributed by atoms with Gasteiger partial charge in [0.2, 0.25) is 0 Å². The summed E-state index contributed by atoms with van der Waals surface area (Å²) in [7, 11) is 0. The molecule has 12 heteroatoms. The summed E-state index contributed by atoms with van der Waals surface area (Å²) >= 11 is 0. The quantitative estimate of drug-likeness (QED) is 0.758. The van der Waals surface area contributed by atoms with Crippen molar-refractivity contribution in [1.82, 2.24) is 10.3 Å². The van der Waals surface area contributed by atoms with Crippen LogP contribution in [0.3, 0.4) is 0 Å². The van der Waals surface area contributed by atoms with Crippen LogP contribution < -0.4 is 5.32 Å². The van der Waals surface area contributed by atoms with Gasteiger partial charge in [-0.1, -0.05) is 18.2 Å². The van der Waals surface area contributed by atoms with E-state index in [0.29, 0.717) is 0 Å². The monoisotopic (exact) mass is 378 g/mol. The number of aromatic nitrogens is 1. The van der Waals surface area contributed by atoms with Gasteiger partial charge in [-0.15, -0.1) is 0 Å². The van der Waals surface area contributed by atoms with Gasteiger partial charge in [0, 0.05) is 22.7 Å². The molecule has 1 heterocycles. The lowest BCUT2D eigenvalue weighted by Gasteiger charge is -2.37. The van der Waals surface area contributed by atoms with E-state index in [9.17, 15) is 44.3 Å². The summed E-state index contributed by atoms with van der Waals surface area (Å²) in [4.78, 5) is 13.1. The van der Waals surface area contributed by atoms with Crippen molar-refractivity contribution < 1.29 is 44.3 Å². The van der Waals surface area contributed by atoms with E-state index in [4.69, 9.17) is 0 Å². The van der Waals surface area contributed by atoms with Gasteiger partial charge in [-0.3, -0.25) is 4.79 Å². The fraction of sp³-hybridized carbons (Fsp3) is 0.308. The Bertz CT molecular complexity index is 771. The van der Waals surface area contributed by atoms with Gasteiger partial charge in [-0.05, 0) is 6.07 Å². The molecule has 138 valence electrons. The zero-order chi connectivity index (χ0) is 19.3. The molecule has 2 rings (SSSR count). The second-order valence-corrected chi connectivity index (χ2v) is 4.95. The minimum absolute atomic E-state index is 0.111. The van der Waals surface area contributed by atoms with Crippen LogP contribution in [-0.2, 0) is 10.3 Å². The first-order chi connectivity index (χ1) is 11.2. The molecule has 0 aliphatic heterocycles. The van der Waals surface area contributed by atoms with E-state index < -0.39 is 40.9 Å². The number of rotatable bonds is 2. The van der Waals surface area contributed by atoms with Crippen molar-refractivity contribution in [2.24, 2.45) is 0 Å². The van der Waals surface area contributed by atoms with Gasteiger partial charge in [-0.2, -0.15) is 39.5 Å². The predicted molar refractivity (Wildman–Crippen MR) is 66.3 cm³/mol. The minimum atomic E-state index is -6.31. The van der Waals surface area contributed by atoms with Crippen LogP contribution in [0.1, 0.15) is 5.56 Å². The number of benzene rings is 1. The highest BCUT2D eigenvalue weighted by Crippen LogP contribution is 2.52. The molecular formula is C13H7F9N2O. The fourth-order valence-electron chi connectivity index (χ4n) is 2.30. The Morgan fingerprint density at radius 2 is 1.40 bits per heavy atom. The maximum absolute atomic E-state index is 13.4. The molecule has 0 fully saturated rings. The van der Waals surface area contributed by atoms with Crippen molar-refractivity contribution in [2.45, 2.75) is 24.1 Å². The van der Waals surface area contributed by atoms with Gasteiger partial charge in [0.05, 0.1) is 0 Å². The van der Waals surface area contributed by atoms with Crippen molar-refractivity contribution in [3.8, 4) is 0 Å². The Labute approximate surface area is 132 Å². The summed E-state index contributed by atoms with van der Waals surface area (Å²) in [6, 6.07) is 4.37. The fourth-order valence-corrected chi connectivity index (χ4v) is 2.30. The summed E-state index contributed by atoms with van der Waals surface area (Å²) in [5.41, 5.74) is -7.02. The van der Waals surface area contributed by atoms with E-state index in [-0.39, 0.29) is 17.0 Å². The SMILES string of the molecule is O=C(NC(c1c[nH]c2ccccc12)(C(F)(F)F)C(F)(F)F)C(F)(F)F. The number of amides is 1. The van der Waals surface area contributed by atoms with Crippen molar-refractivity contribution in [3.63, 3.8) is 0 Å². The molecule has 0 saturated carbocycles. The van der Waals surface area contributed by atoms with Crippen LogP contribution in [0.15, 0.2) is 30.5 Å².